The van der Waals surface area contributed by atoms with E-state index >= 15 is 0 Å². The second-order valence-corrected chi connectivity index (χ2v) is 3.96. The standard InChI is InChI=1S/C11H10F2N2O3/c12-8-6(3-4-14-9(8)13)10(16)15-5-1-2-7(15)11(17)18/h3-4,7H,1-2,5H2,(H,17,18)/t7-/m1/s1. The van der Waals surface area contributed by atoms with E-state index in [1.165, 1.54) is 0 Å². The zero-order chi connectivity index (χ0) is 13.3. The Morgan fingerprint density at radius 2 is 2.17 bits per heavy atom. The van der Waals surface area contributed by atoms with E-state index in [9.17, 15) is 18.4 Å². The molecule has 1 aliphatic heterocycles. The average Bonchev–Trinajstić information content (AvgIpc) is 2.81. The maximum absolute atomic E-state index is 13.4. The van der Waals surface area contributed by atoms with Gasteiger partial charge in [-0.1, -0.05) is 0 Å². The van der Waals surface area contributed by atoms with Crippen LogP contribution >= 0.6 is 0 Å². The number of carboxylic acid groups (broad SMARTS) is 1. The predicted octanol–water partition coefficient (Wildman–Crippen LogP) is 1.05. The molecule has 0 bridgehead atoms. The number of hydrogen-bond donors (Lipinski definition) is 1. The summed E-state index contributed by atoms with van der Waals surface area (Å²) >= 11 is 0. The van der Waals surface area contributed by atoms with Gasteiger partial charge in [-0.2, -0.15) is 4.39 Å². The fourth-order valence-electron chi connectivity index (χ4n) is 2.00. The molecule has 1 saturated heterocycles. The number of aliphatic carboxylic acids is 1. The summed E-state index contributed by atoms with van der Waals surface area (Å²) in [5, 5.41) is 8.93. The molecule has 5 nitrogen and oxygen atoms in total. The van der Waals surface area contributed by atoms with Crippen molar-refractivity contribution in [1.82, 2.24) is 9.88 Å². The topological polar surface area (TPSA) is 70.5 Å². The van der Waals surface area contributed by atoms with Crippen LogP contribution in [0.2, 0.25) is 0 Å². The maximum Gasteiger partial charge on any atom is 0.326 e. The van der Waals surface area contributed by atoms with Gasteiger partial charge < -0.3 is 10.0 Å². The number of rotatable bonds is 2. The number of halogens is 2. The quantitative estimate of drug-likeness (QED) is 0.803. The van der Waals surface area contributed by atoms with Crippen molar-refractivity contribution in [3.8, 4) is 0 Å². The Bertz CT molecular complexity index is 507. The number of nitrogens with zero attached hydrogens (tertiary/aromatic N) is 2. The van der Waals surface area contributed by atoms with Gasteiger partial charge >= 0.3 is 5.97 Å². The summed E-state index contributed by atoms with van der Waals surface area (Å²) in [7, 11) is 0. The van der Waals surface area contributed by atoms with Crippen LogP contribution in [-0.4, -0.2) is 39.5 Å². The molecule has 0 aromatic carbocycles. The molecule has 0 unspecified atom stereocenters. The third-order valence-electron chi connectivity index (χ3n) is 2.88. The molecule has 0 spiro atoms. The van der Waals surface area contributed by atoms with E-state index in [-0.39, 0.29) is 6.54 Å². The van der Waals surface area contributed by atoms with Crippen molar-refractivity contribution < 1.29 is 23.5 Å². The number of carbonyl (C=O) groups excluding carboxylic acids is 1. The van der Waals surface area contributed by atoms with Crippen LogP contribution in [0.3, 0.4) is 0 Å². The SMILES string of the molecule is O=C(O)[C@H]1CCCN1C(=O)c1ccnc(F)c1F. The van der Waals surface area contributed by atoms with Gasteiger partial charge in [-0.3, -0.25) is 4.79 Å². The number of pyridine rings is 1. The average molecular weight is 256 g/mol. The third-order valence-corrected chi connectivity index (χ3v) is 2.88. The van der Waals surface area contributed by atoms with Gasteiger partial charge in [0.25, 0.3) is 5.91 Å². The molecule has 2 heterocycles. The molecule has 1 N–H and O–H groups in total. The Kier molecular flexibility index (Phi) is 3.22. The predicted molar refractivity (Wildman–Crippen MR) is 55.8 cm³/mol. The smallest absolute Gasteiger partial charge is 0.326 e. The molecule has 96 valence electrons. The molecule has 1 aromatic rings. The molecule has 7 heteroatoms. The van der Waals surface area contributed by atoms with Gasteiger partial charge in [0.05, 0.1) is 5.56 Å². The maximum atomic E-state index is 13.4. The van der Waals surface area contributed by atoms with Crippen LogP contribution < -0.4 is 0 Å². The van der Waals surface area contributed by atoms with Crippen molar-refractivity contribution in [2.75, 3.05) is 6.54 Å². The second kappa shape index (κ2) is 4.67. The molecule has 0 radical (unpaired) electrons. The Balaban J connectivity index is 2.31. The summed E-state index contributed by atoms with van der Waals surface area (Å²) in [4.78, 5) is 27.0. The first kappa shape index (κ1) is 12.4. The summed E-state index contributed by atoms with van der Waals surface area (Å²) in [6.45, 7) is 0.221. The van der Waals surface area contributed by atoms with Gasteiger partial charge in [-0.25, -0.2) is 14.2 Å². The summed E-state index contributed by atoms with van der Waals surface area (Å²) in [6.07, 6.45) is 1.81. The minimum Gasteiger partial charge on any atom is -0.480 e. The number of carbonyl (C=O) groups is 2. The zero-order valence-electron chi connectivity index (χ0n) is 9.27. The van der Waals surface area contributed by atoms with Crippen LogP contribution in [-0.2, 0) is 4.79 Å². The second-order valence-electron chi connectivity index (χ2n) is 3.96. The van der Waals surface area contributed by atoms with E-state index in [1.54, 1.807) is 0 Å². The Hall–Kier alpha value is -2.05. The number of hydrogen-bond acceptors (Lipinski definition) is 3. The van der Waals surface area contributed by atoms with Crippen LogP contribution in [0.1, 0.15) is 23.2 Å². The Morgan fingerprint density at radius 3 is 2.83 bits per heavy atom. The van der Waals surface area contributed by atoms with Crippen molar-refractivity contribution in [3.05, 3.63) is 29.6 Å². The number of carboxylic acids is 1. The van der Waals surface area contributed by atoms with E-state index in [0.29, 0.717) is 12.8 Å². The molecule has 1 aromatic heterocycles. The number of amides is 1. The molecule has 1 fully saturated rings. The van der Waals surface area contributed by atoms with Gasteiger partial charge in [-0.15, -0.1) is 0 Å². The van der Waals surface area contributed by atoms with E-state index in [0.717, 1.165) is 17.2 Å². The normalized spacial score (nSPS) is 19.0. The van der Waals surface area contributed by atoms with Gasteiger partial charge in [0.2, 0.25) is 5.95 Å². The van der Waals surface area contributed by atoms with Crippen molar-refractivity contribution in [2.45, 2.75) is 18.9 Å². The van der Waals surface area contributed by atoms with Crippen LogP contribution in [0.15, 0.2) is 12.3 Å². The highest BCUT2D eigenvalue weighted by Crippen LogP contribution is 2.21. The highest BCUT2D eigenvalue weighted by molar-refractivity contribution is 5.97. The molecule has 1 atom stereocenters. The summed E-state index contributed by atoms with van der Waals surface area (Å²) in [5.41, 5.74) is -0.490. The number of likely N-dealkylation sites (tertiary alicyclic amines) is 1. The number of aromatic nitrogens is 1. The minimum absolute atomic E-state index is 0.221. The largest absolute Gasteiger partial charge is 0.480 e. The highest BCUT2D eigenvalue weighted by atomic mass is 19.2. The minimum atomic E-state index is -1.37. The van der Waals surface area contributed by atoms with Crippen LogP contribution in [0, 0.1) is 11.8 Å². The van der Waals surface area contributed by atoms with Crippen molar-refractivity contribution in [1.29, 1.82) is 0 Å². The fourth-order valence-corrected chi connectivity index (χ4v) is 2.00. The molecule has 0 saturated carbocycles. The molecular formula is C11H10F2N2O3. The zero-order valence-corrected chi connectivity index (χ0v) is 9.27. The fraction of sp³-hybridized carbons (Fsp3) is 0.364. The van der Waals surface area contributed by atoms with E-state index in [1.807, 2.05) is 0 Å². The summed E-state index contributed by atoms with van der Waals surface area (Å²) in [5.74, 6) is -4.68. The first-order valence-electron chi connectivity index (χ1n) is 5.36. The van der Waals surface area contributed by atoms with Crippen LogP contribution in [0.5, 0.6) is 0 Å². The Labute approximate surface area is 101 Å². The van der Waals surface area contributed by atoms with Gasteiger partial charge in [-0.05, 0) is 18.9 Å². The summed E-state index contributed by atoms with van der Waals surface area (Å²) in [6, 6.07) is 0.0611. The van der Waals surface area contributed by atoms with Crippen LogP contribution in [0.25, 0.3) is 0 Å². The molecule has 0 aliphatic carbocycles. The molecule has 2 rings (SSSR count). The highest BCUT2D eigenvalue weighted by Gasteiger charge is 2.35. The molecular weight excluding hydrogens is 246 g/mol. The van der Waals surface area contributed by atoms with Gasteiger partial charge in [0.1, 0.15) is 6.04 Å². The summed E-state index contributed by atoms with van der Waals surface area (Å²) < 4.78 is 26.3. The molecule has 1 aliphatic rings. The van der Waals surface area contributed by atoms with Crippen molar-refractivity contribution in [2.24, 2.45) is 0 Å². The molecule has 18 heavy (non-hydrogen) atoms. The monoisotopic (exact) mass is 256 g/mol. The first-order chi connectivity index (χ1) is 8.52. The van der Waals surface area contributed by atoms with E-state index in [2.05, 4.69) is 4.98 Å². The van der Waals surface area contributed by atoms with E-state index in [4.69, 9.17) is 5.11 Å². The lowest BCUT2D eigenvalue weighted by Crippen LogP contribution is -2.40. The van der Waals surface area contributed by atoms with Crippen LogP contribution in [0.4, 0.5) is 8.78 Å². The lowest BCUT2D eigenvalue weighted by molar-refractivity contribution is -0.141. The van der Waals surface area contributed by atoms with Crippen molar-refractivity contribution >= 4 is 11.9 Å². The Morgan fingerprint density at radius 1 is 1.44 bits per heavy atom. The van der Waals surface area contributed by atoms with E-state index < -0.39 is 35.2 Å². The third kappa shape index (κ3) is 2.03. The lowest BCUT2D eigenvalue weighted by Gasteiger charge is -2.21. The molecule has 1 amide bonds. The first-order valence-corrected chi connectivity index (χ1v) is 5.36. The lowest BCUT2D eigenvalue weighted by atomic mass is 10.2. The van der Waals surface area contributed by atoms with Gasteiger partial charge in [0, 0.05) is 12.7 Å². The van der Waals surface area contributed by atoms with Crippen molar-refractivity contribution in [3.63, 3.8) is 0 Å². The van der Waals surface area contributed by atoms with Gasteiger partial charge in [0.15, 0.2) is 5.82 Å².